The minimum Gasteiger partial charge on any atom is -0.399 e. The van der Waals surface area contributed by atoms with Gasteiger partial charge in [-0.05, 0) is 37.6 Å². The molecular formula is C18H23N3O. The third-order valence-electron chi connectivity index (χ3n) is 3.36. The minimum atomic E-state index is -0.0998. The summed E-state index contributed by atoms with van der Waals surface area (Å²) in [6.07, 6.45) is 0. The molecule has 2 aromatic rings. The van der Waals surface area contributed by atoms with Crippen LogP contribution in [0.3, 0.4) is 0 Å². The van der Waals surface area contributed by atoms with Gasteiger partial charge in [-0.1, -0.05) is 30.3 Å². The van der Waals surface area contributed by atoms with Gasteiger partial charge >= 0.3 is 0 Å². The van der Waals surface area contributed by atoms with Crippen LogP contribution in [0.15, 0.2) is 48.5 Å². The Balaban J connectivity index is 2.27. The average Bonchev–Trinajstić information content (AvgIpc) is 2.47. The van der Waals surface area contributed by atoms with Crippen LogP contribution in [0.25, 0.3) is 0 Å². The molecule has 2 aromatic carbocycles. The predicted octanol–water partition coefficient (Wildman–Crippen LogP) is 3.04. The predicted molar refractivity (Wildman–Crippen MR) is 92.0 cm³/mol. The lowest BCUT2D eigenvalue weighted by molar-refractivity contribution is 0.0943. The lowest BCUT2D eigenvalue weighted by Gasteiger charge is -2.23. The Kier molecular flexibility index (Phi) is 5.04. The van der Waals surface area contributed by atoms with E-state index >= 15 is 0 Å². The topological polar surface area (TPSA) is 58.4 Å². The van der Waals surface area contributed by atoms with Gasteiger partial charge in [0.2, 0.25) is 0 Å². The Labute approximate surface area is 131 Å². The molecule has 0 heterocycles. The monoisotopic (exact) mass is 297 g/mol. The van der Waals surface area contributed by atoms with E-state index in [1.165, 1.54) is 5.56 Å². The quantitative estimate of drug-likeness (QED) is 0.834. The molecule has 3 N–H and O–H groups in total. The number of nitrogen functional groups attached to an aromatic ring is 1. The van der Waals surface area contributed by atoms with E-state index in [9.17, 15) is 4.79 Å². The molecule has 0 saturated carbocycles. The average molecular weight is 297 g/mol. The normalized spacial score (nSPS) is 10.5. The molecule has 22 heavy (non-hydrogen) atoms. The second-order valence-electron chi connectivity index (χ2n) is 5.75. The Hall–Kier alpha value is -2.49. The number of carbonyl (C=O) groups is 1. The van der Waals surface area contributed by atoms with Crippen molar-refractivity contribution >= 4 is 17.3 Å². The second-order valence-corrected chi connectivity index (χ2v) is 5.75. The second kappa shape index (κ2) is 6.98. The van der Waals surface area contributed by atoms with Crippen molar-refractivity contribution in [1.29, 1.82) is 0 Å². The highest BCUT2D eigenvalue weighted by Gasteiger charge is 2.15. The molecule has 0 atom stereocenters. The highest BCUT2D eigenvalue weighted by atomic mass is 16.1. The van der Waals surface area contributed by atoms with Crippen molar-refractivity contribution in [2.24, 2.45) is 0 Å². The Morgan fingerprint density at radius 2 is 1.86 bits per heavy atom. The summed E-state index contributed by atoms with van der Waals surface area (Å²) in [5.74, 6) is -0.0998. The molecule has 0 aromatic heterocycles. The first kappa shape index (κ1) is 15.9. The summed E-state index contributed by atoms with van der Waals surface area (Å²) in [6, 6.07) is 15.7. The fraction of sp³-hybridized carbons (Fsp3) is 0.278. The van der Waals surface area contributed by atoms with Gasteiger partial charge in [-0.3, -0.25) is 4.79 Å². The molecule has 0 spiro atoms. The van der Waals surface area contributed by atoms with Crippen molar-refractivity contribution in [2.45, 2.75) is 26.4 Å². The zero-order valence-corrected chi connectivity index (χ0v) is 13.3. The SMILES string of the molecule is CC(C)NC(=O)c1cc(N)ccc1N(C)Cc1ccccc1. The van der Waals surface area contributed by atoms with Crippen molar-refractivity contribution in [1.82, 2.24) is 5.32 Å². The van der Waals surface area contributed by atoms with E-state index in [4.69, 9.17) is 5.73 Å². The lowest BCUT2D eigenvalue weighted by Crippen LogP contribution is -2.32. The van der Waals surface area contributed by atoms with Crippen molar-refractivity contribution in [3.63, 3.8) is 0 Å². The van der Waals surface area contributed by atoms with Crippen LogP contribution < -0.4 is 16.0 Å². The van der Waals surface area contributed by atoms with Crippen LogP contribution in [-0.4, -0.2) is 19.0 Å². The number of hydrogen-bond donors (Lipinski definition) is 2. The van der Waals surface area contributed by atoms with Crippen LogP contribution in [0, 0.1) is 0 Å². The highest BCUT2D eigenvalue weighted by molar-refractivity contribution is 6.00. The molecule has 0 aliphatic rings. The molecule has 0 saturated heterocycles. The van der Waals surface area contributed by atoms with E-state index in [1.54, 1.807) is 6.07 Å². The number of rotatable bonds is 5. The largest absolute Gasteiger partial charge is 0.399 e. The zero-order chi connectivity index (χ0) is 16.1. The first-order chi connectivity index (χ1) is 10.5. The van der Waals surface area contributed by atoms with Gasteiger partial charge in [0.15, 0.2) is 0 Å². The molecule has 0 unspecified atom stereocenters. The molecular weight excluding hydrogens is 274 g/mol. The Morgan fingerprint density at radius 3 is 2.50 bits per heavy atom. The van der Waals surface area contributed by atoms with E-state index in [-0.39, 0.29) is 11.9 Å². The van der Waals surface area contributed by atoms with Crippen molar-refractivity contribution in [3.8, 4) is 0 Å². The summed E-state index contributed by atoms with van der Waals surface area (Å²) in [4.78, 5) is 14.5. The maximum absolute atomic E-state index is 12.4. The molecule has 0 bridgehead atoms. The molecule has 0 fully saturated rings. The van der Waals surface area contributed by atoms with E-state index in [1.807, 2.05) is 51.2 Å². The van der Waals surface area contributed by atoms with Crippen LogP contribution in [0.4, 0.5) is 11.4 Å². The first-order valence-electron chi connectivity index (χ1n) is 7.43. The van der Waals surface area contributed by atoms with Gasteiger partial charge in [-0.25, -0.2) is 0 Å². The van der Waals surface area contributed by atoms with Gasteiger partial charge < -0.3 is 16.0 Å². The third-order valence-corrected chi connectivity index (χ3v) is 3.36. The van der Waals surface area contributed by atoms with Gasteiger partial charge in [-0.15, -0.1) is 0 Å². The molecule has 0 aliphatic heterocycles. The number of amides is 1. The zero-order valence-electron chi connectivity index (χ0n) is 13.3. The summed E-state index contributed by atoms with van der Waals surface area (Å²) in [5, 5.41) is 2.92. The summed E-state index contributed by atoms with van der Waals surface area (Å²) in [7, 11) is 1.98. The highest BCUT2D eigenvalue weighted by Crippen LogP contribution is 2.24. The summed E-state index contributed by atoms with van der Waals surface area (Å²) < 4.78 is 0. The van der Waals surface area contributed by atoms with Gasteiger partial charge in [0.05, 0.1) is 5.56 Å². The van der Waals surface area contributed by atoms with Crippen LogP contribution in [0.5, 0.6) is 0 Å². The maximum atomic E-state index is 12.4. The molecule has 1 amide bonds. The molecule has 4 heteroatoms. The third kappa shape index (κ3) is 4.01. The standard InChI is InChI=1S/C18H23N3O/c1-13(2)20-18(22)16-11-15(19)9-10-17(16)21(3)12-14-7-5-4-6-8-14/h4-11,13H,12,19H2,1-3H3,(H,20,22). The van der Waals surface area contributed by atoms with E-state index in [2.05, 4.69) is 22.3 Å². The van der Waals surface area contributed by atoms with Crippen molar-refractivity contribution in [3.05, 3.63) is 59.7 Å². The van der Waals surface area contributed by atoms with Crippen LogP contribution in [0.2, 0.25) is 0 Å². The number of nitrogens with zero attached hydrogens (tertiary/aromatic N) is 1. The number of benzene rings is 2. The fourth-order valence-electron chi connectivity index (χ4n) is 2.35. The van der Waals surface area contributed by atoms with E-state index < -0.39 is 0 Å². The Bertz CT molecular complexity index is 638. The molecule has 4 nitrogen and oxygen atoms in total. The van der Waals surface area contributed by atoms with Crippen LogP contribution in [0.1, 0.15) is 29.8 Å². The number of nitrogens with two attached hydrogens (primary N) is 1. The van der Waals surface area contributed by atoms with Gasteiger partial charge in [-0.2, -0.15) is 0 Å². The minimum absolute atomic E-state index is 0.0845. The van der Waals surface area contributed by atoms with Gasteiger partial charge in [0.25, 0.3) is 5.91 Å². The lowest BCUT2D eigenvalue weighted by atomic mass is 10.1. The molecule has 116 valence electrons. The number of carbonyl (C=O) groups excluding carboxylic acids is 1. The summed E-state index contributed by atoms with van der Waals surface area (Å²) >= 11 is 0. The summed E-state index contributed by atoms with van der Waals surface area (Å²) in [6.45, 7) is 4.61. The number of anilines is 2. The van der Waals surface area contributed by atoms with Gasteiger partial charge in [0, 0.05) is 31.0 Å². The summed E-state index contributed by atoms with van der Waals surface area (Å²) in [5.41, 5.74) is 9.11. The molecule has 0 radical (unpaired) electrons. The number of nitrogens with one attached hydrogen (secondary N) is 1. The Morgan fingerprint density at radius 1 is 1.18 bits per heavy atom. The first-order valence-corrected chi connectivity index (χ1v) is 7.43. The van der Waals surface area contributed by atoms with Crippen molar-refractivity contribution < 1.29 is 4.79 Å². The van der Waals surface area contributed by atoms with Crippen LogP contribution in [-0.2, 0) is 6.54 Å². The van der Waals surface area contributed by atoms with E-state index in [0.717, 1.165) is 12.2 Å². The smallest absolute Gasteiger partial charge is 0.253 e. The molecule has 2 rings (SSSR count). The van der Waals surface area contributed by atoms with Gasteiger partial charge in [0.1, 0.15) is 0 Å². The van der Waals surface area contributed by atoms with E-state index in [0.29, 0.717) is 11.3 Å². The van der Waals surface area contributed by atoms with Crippen molar-refractivity contribution in [2.75, 3.05) is 17.7 Å². The van der Waals surface area contributed by atoms with Crippen LogP contribution >= 0.6 is 0 Å². The fourth-order valence-corrected chi connectivity index (χ4v) is 2.35. The molecule has 0 aliphatic carbocycles. The maximum Gasteiger partial charge on any atom is 0.253 e. The number of hydrogen-bond acceptors (Lipinski definition) is 3.